The minimum Gasteiger partial charge on any atom is -0.508 e. The molecule has 4 heteroatoms. The molecule has 0 saturated heterocycles. The van der Waals surface area contributed by atoms with Gasteiger partial charge >= 0.3 is 0 Å². The first kappa shape index (κ1) is 12.6. The summed E-state index contributed by atoms with van der Waals surface area (Å²) in [5.74, 6) is -0.519. The normalized spacial score (nSPS) is 10.3. The molecule has 0 spiro atoms. The van der Waals surface area contributed by atoms with Crippen molar-refractivity contribution in [2.45, 2.75) is 6.92 Å². The van der Waals surface area contributed by atoms with Gasteiger partial charge in [0.1, 0.15) is 11.5 Å². The molecule has 0 fully saturated rings. The minimum atomic E-state index is -0.275. The van der Waals surface area contributed by atoms with Crippen LogP contribution in [0.2, 0.25) is 0 Å². The zero-order valence-electron chi connectivity index (χ0n) is 9.64. The maximum atomic E-state index is 12.2. The van der Waals surface area contributed by atoms with Gasteiger partial charge in [0, 0.05) is 16.1 Å². The molecule has 2 aromatic rings. The summed E-state index contributed by atoms with van der Waals surface area (Å²) < 4.78 is 0.880. The largest absolute Gasteiger partial charge is 0.508 e. The Balaban J connectivity index is 2.46. The Hall–Kier alpha value is -1.81. The summed E-state index contributed by atoms with van der Waals surface area (Å²) in [5, 5.41) is 19.1. The molecule has 0 heterocycles. The van der Waals surface area contributed by atoms with Crippen molar-refractivity contribution in [2.75, 3.05) is 0 Å². The summed E-state index contributed by atoms with van der Waals surface area (Å²) in [7, 11) is 0. The molecule has 0 aliphatic rings. The van der Waals surface area contributed by atoms with Crippen LogP contribution in [0.25, 0.3) is 0 Å². The first-order chi connectivity index (χ1) is 8.49. The van der Waals surface area contributed by atoms with Crippen molar-refractivity contribution in [3.8, 4) is 11.5 Å². The average Bonchev–Trinajstić information content (AvgIpc) is 2.34. The molecule has 0 amide bonds. The quantitative estimate of drug-likeness (QED) is 0.836. The second-order valence-electron chi connectivity index (χ2n) is 3.99. The molecule has 0 aromatic heterocycles. The fraction of sp³-hybridized carbons (Fsp3) is 0.0714. The lowest BCUT2D eigenvalue weighted by atomic mass is 10.0. The van der Waals surface area contributed by atoms with Crippen LogP contribution in [0, 0.1) is 6.92 Å². The fourth-order valence-electron chi connectivity index (χ4n) is 1.62. The molecular formula is C14H11BrO3. The van der Waals surface area contributed by atoms with E-state index in [9.17, 15) is 15.0 Å². The highest BCUT2D eigenvalue weighted by Crippen LogP contribution is 2.28. The smallest absolute Gasteiger partial charge is 0.196 e. The summed E-state index contributed by atoms with van der Waals surface area (Å²) in [5.41, 5.74) is 1.22. The van der Waals surface area contributed by atoms with Gasteiger partial charge in [-0.05, 0) is 42.8 Å². The van der Waals surface area contributed by atoms with Crippen molar-refractivity contribution in [1.29, 1.82) is 0 Å². The highest BCUT2D eigenvalue weighted by molar-refractivity contribution is 9.10. The van der Waals surface area contributed by atoms with E-state index in [0.717, 1.165) is 4.47 Å². The topological polar surface area (TPSA) is 57.5 Å². The van der Waals surface area contributed by atoms with Crippen LogP contribution in [0.1, 0.15) is 21.5 Å². The van der Waals surface area contributed by atoms with E-state index in [1.165, 1.54) is 12.1 Å². The van der Waals surface area contributed by atoms with Gasteiger partial charge in [0.25, 0.3) is 0 Å². The molecule has 92 valence electrons. The van der Waals surface area contributed by atoms with Gasteiger partial charge in [-0.2, -0.15) is 0 Å². The standard InChI is InChI=1S/C14H11BrO3/c1-8-6-11(13(17)7-12(8)16)14(18)9-2-4-10(15)5-3-9/h2-7,16-17H,1H3. The van der Waals surface area contributed by atoms with Crippen molar-refractivity contribution >= 4 is 21.7 Å². The van der Waals surface area contributed by atoms with Crippen LogP contribution < -0.4 is 0 Å². The maximum Gasteiger partial charge on any atom is 0.196 e. The van der Waals surface area contributed by atoms with Gasteiger partial charge in [0.2, 0.25) is 0 Å². The Morgan fingerprint density at radius 2 is 1.67 bits per heavy atom. The van der Waals surface area contributed by atoms with Gasteiger partial charge in [-0.1, -0.05) is 15.9 Å². The van der Waals surface area contributed by atoms with Gasteiger partial charge in [0.15, 0.2) is 5.78 Å². The summed E-state index contributed by atoms with van der Waals surface area (Å²) in [6.45, 7) is 1.67. The second kappa shape index (κ2) is 4.82. The predicted octanol–water partition coefficient (Wildman–Crippen LogP) is 3.40. The van der Waals surface area contributed by atoms with Gasteiger partial charge in [-0.25, -0.2) is 0 Å². The first-order valence-electron chi connectivity index (χ1n) is 5.32. The number of phenolic OH excluding ortho intramolecular Hbond substituents is 2. The number of aromatic hydroxyl groups is 2. The van der Waals surface area contributed by atoms with E-state index in [0.29, 0.717) is 11.1 Å². The maximum absolute atomic E-state index is 12.2. The number of benzene rings is 2. The number of rotatable bonds is 2. The molecule has 0 saturated carbocycles. The molecule has 0 bridgehead atoms. The number of aryl methyl sites for hydroxylation is 1. The molecule has 0 radical (unpaired) electrons. The molecule has 0 aliphatic heterocycles. The van der Waals surface area contributed by atoms with Crippen LogP contribution in [-0.2, 0) is 0 Å². The van der Waals surface area contributed by atoms with E-state index in [1.54, 1.807) is 31.2 Å². The molecular weight excluding hydrogens is 296 g/mol. The van der Waals surface area contributed by atoms with Gasteiger partial charge in [0.05, 0.1) is 5.56 Å². The molecule has 2 rings (SSSR count). The second-order valence-corrected chi connectivity index (χ2v) is 4.91. The molecule has 18 heavy (non-hydrogen) atoms. The van der Waals surface area contributed by atoms with Crippen LogP contribution in [0.3, 0.4) is 0 Å². The summed E-state index contributed by atoms with van der Waals surface area (Å²) in [4.78, 5) is 12.2. The number of carbonyl (C=O) groups excluding carboxylic acids is 1. The molecule has 2 aromatic carbocycles. The SMILES string of the molecule is Cc1cc(C(=O)c2ccc(Br)cc2)c(O)cc1O. The molecule has 0 unspecified atom stereocenters. The fourth-order valence-corrected chi connectivity index (χ4v) is 1.89. The number of carbonyl (C=O) groups is 1. The van der Waals surface area contributed by atoms with E-state index in [-0.39, 0.29) is 22.8 Å². The lowest BCUT2D eigenvalue weighted by Gasteiger charge is -2.07. The number of halogens is 1. The van der Waals surface area contributed by atoms with E-state index >= 15 is 0 Å². The van der Waals surface area contributed by atoms with Gasteiger partial charge in [-0.3, -0.25) is 4.79 Å². The lowest BCUT2D eigenvalue weighted by Crippen LogP contribution is -2.02. The van der Waals surface area contributed by atoms with Gasteiger partial charge in [-0.15, -0.1) is 0 Å². The van der Waals surface area contributed by atoms with Crippen molar-refractivity contribution < 1.29 is 15.0 Å². The number of hydrogen-bond donors (Lipinski definition) is 2. The van der Waals surface area contributed by atoms with Crippen molar-refractivity contribution in [3.05, 3.63) is 57.6 Å². The monoisotopic (exact) mass is 306 g/mol. The van der Waals surface area contributed by atoms with Crippen LogP contribution in [0.4, 0.5) is 0 Å². The highest BCUT2D eigenvalue weighted by Gasteiger charge is 2.15. The lowest BCUT2D eigenvalue weighted by molar-refractivity contribution is 0.103. The Morgan fingerprint density at radius 3 is 2.28 bits per heavy atom. The van der Waals surface area contributed by atoms with Crippen molar-refractivity contribution in [1.82, 2.24) is 0 Å². The third-order valence-corrected chi connectivity index (χ3v) is 3.19. The average molecular weight is 307 g/mol. The number of phenols is 2. The summed E-state index contributed by atoms with van der Waals surface area (Å²) in [6, 6.07) is 9.54. The van der Waals surface area contributed by atoms with E-state index in [2.05, 4.69) is 15.9 Å². The molecule has 0 atom stereocenters. The molecule has 3 nitrogen and oxygen atoms in total. The zero-order valence-corrected chi connectivity index (χ0v) is 11.2. The van der Waals surface area contributed by atoms with E-state index in [1.807, 2.05) is 0 Å². The zero-order chi connectivity index (χ0) is 13.3. The molecule has 0 aliphatic carbocycles. The predicted molar refractivity (Wildman–Crippen MR) is 72.1 cm³/mol. The Kier molecular flexibility index (Phi) is 3.39. The highest BCUT2D eigenvalue weighted by atomic mass is 79.9. The third-order valence-electron chi connectivity index (χ3n) is 2.67. The van der Waals surface area contributed by atoms with E-state index in [4.69, 9.17) is 0 Å². The van der Waals surface area contributed by atoms with Crippen LogP contribution in [-0.4, -0.2) is 16.0 Å². The molecule has 2 N–H and O–H groups in total. The minimum absolute atomic E-state index is 0.0279. The van der Waals surface area contributed by atoms with E-state index < -0.39 is 0 Å². The summed E-state index contributed by atoms with van der Waals surface area (Å²) in [6.07, 6.45) is 0. The Labute approximate surface area is 113 Å². The Bertz CT molecular complexity index is 603. The first-order valence-corrected chi connectivity index (χ1v) is 6.11. The summed E-state index contributed by atoms with van der Waals surface area (Å²) >= 11 is 3.29. The van der Waals surface area contributed by atoms with Gasteiger partial charge < -0.3 is 10.2 Å². The van der Waals surface area contributed by atoms with Crippen molar-refractivity contribution in [2.24, 2.45) is 0 Å². The number of hydrogen-bond acceptors (Lipinski definition) is 3. The number of ketones is 1. The van der Waals surface area contributed by atoms with Crippen molar-refractivity contribution in [3.63, 3.8) is 0 Å². The van der Waals surface area contributed by atoms with Crippen LogP contribution in [0.15, 0.2) is 40.9 Å². The van der Waals surface area contributed by atoms with Crippen LogP contribution >= 0.6 is 15.9 Å². The Morgan fingerprint density at radius 1 is 1.06 bits per heavy atom. The third kappa shape index (κ3) is 2.38. The van der Waals surface area contributed by atoms with Crippen LogP contribution in [0.5, 0.6) is 11.5 Å².